The van der Waals surface area contributed by atoms with Gasteiger partial charge in [0, 0.05) is 24.5 Å². The van der Waals surface area contributed by atoms with Crippen LogP contribution in [0.2, 0.25) is 0 Å². The van der Waals surface area contributed by atoms with Crippen molar-refractivity contribution in [2.75, 3.05) is 20.2 Å². The first-order valence-electron chi connectivity index (χ1n) is 6.66. The number of alkyl carbamates (subject to hydrolysis) is 1. The molecule has 0 aromatic carbocycles. The van der Waals surface area contributed by atoms with Crippen LogP contribution >= 0.6 is 0 Å². The van der Waals surface area contributed by atoms with Crippen LogP contribution in [0.4, 0.5) is 4.79 Å². The topological polar surface area (TPSA) is 58.6 Å². The number of nitrogens with one attached hydrogen (secondary N) is 1. The van der Waals surface area contributed by atoms with Gasteiger partial charge >= 0.3 is 6.09 Å². The van der Waals surface area contributed by atoms with Crippen LogP contribution in [0.1, 0.15) is 26.2 Å². The second-order valence-corrected chi connectivity index (χ2v) is 6.28. The van der Waals surface area contributed by atoms with Gasteiger partial charge in [0.25, 0.3) is 0 Å². The Morgan fingerprint density at radius 2 is 1.89 bits per heavy atom. The fourth-order valence-electron chi connectivity index (χ4n) is 3.44. The Balaban J connectivity index is 1.49. The molecule has 2 atom stereocenters. The molecule has 2 amide bonds. The van der Waals surface area contributed by atoms with E-state index in [1.807, 2.05) is 11.8 Å². The largest absolute Gasteiger partial charge is 0.453 e. The highest BCUT2D eigenvalue weighted by Gasteiger charge is 2.51. The third-order valence-electron chi connectivity index (χ3n) is 4.62. The average Bonchev–Trinajstić information content (AvgIpc) is 2.91. The van der Waals surface area contributed by atoms with E-state index < -0.39 is 6.09 Å². The zero-order chi connectivity index (χ0) is 12.9. The summed E-state index contributed by atoms with van der Waals surface area (Å²) in [6, 6.07) is 0. The first-order chi connectivity index (χ1) is 8.50. The Morgan fingerprint density at radius 3 is 2.44 bits per heavy atom. The third-order valence-corrected chi connectivity index (χ3v) is 4.62. The lowest BCUT2D eigenvalue weighted by Crippen LogP contribution is -2.58. The zero-order valence-electron chi connectivity index (χ0n) is 10.9. The molecule has 0 bridgehead atoms. The molecule has 2 aliphatic carbocycles. The Kier molecular flexibility index (Phi) is 2.54. The maximum absolute atomic E-state index is 12.2. The van der Waals surface area contributed by atoms with E-state index in [0.29, 0.717) is 0 Å². The number of amides is 2. The minimum atomic E-state index is -0.411. The van der Waals surface area contributed by atoms with E-state index in [0.717, 1.165) is 37.8 Å². The van der Waals surface area contributed by atoms with E-state index in [4.69, 9.17) is 0 Å². The quantitative estimate of drug-likeness (QED) is 0.797. The summed E-state index contributed by atoms with van der Waals surface area (Å²) in [5.41, 5.74) is -0.268. The number of carbonyl (C=O) groups excluding carboxylic acids is 2. The molecule has 0 radical (unpaired) electrons. The molecule has 5 heteroatoms. The van der Waals surface area contributed by atoms with Crippen LogP contribution < -0.4 is 5.32 Å². The number of carbonyl (C=O) groups is 2. The number of nitrogens with zero attached hydrogens (tertiary/aromatic N) is 1. The van der Waals surface area contributed by atoms with Crippen molar-refractivity contribution in [3.63, 3.8) is 0 Å². The summed E-state index contributed by atoms with van der Waals surface area (Å²) in [6.45, 7) is 3.89. The summed E-state index contributed by atoms with van der Waals surface area (Å²) in [6.07, 6.45) is 2.36. The normalized spacial score (nSPS) is 40.8. The first-order valence-corrected chi connectivity index (χ1v) is 6.66. The van der Waals surface area contributed by atoms with Gasteiger partial charge < -0.3 is 15.0 Å². The van der Waals surface area contributed by atoms with Gasteiger partial charge in [-0.3, -0.25) is 4.79 Å². The van der Waals surface area contributed by atoms with Crippen LogP contribution in [-0.4, -0.2) is 42.6 Å². The summed E-state index contributed by atoms with van der Waals surface area (Å²) in [4.78, 5) is 25.4. The van der Waals surface area contributed by atoms with Crippen molar-refractivity contribution in [1.82, 2.24) is 10.2 Å². The van der Waals surface area contributed by atoms with Crippen LogP contribution in [0.5, 0.6) is 0 Å². The maximum Gasteiger partial charge on any atom is 0.407 e. The predicted molar refractivity (Wildman–Crippen MR) is 64.8 cm³/mol. The van der Waals surface area contributed by atoms with Gasteiger partial charge in [0.2, 0.25) is 5.91 Å². The van der Waals surface area contributed by atoms with Crippen molar-refractivity contribution in [3.8, 4) is 0 Å². The molecule has 1 unspecified atom stereocenters. The minimum absolute atomic E-state index is 0.0876. The number of hydrogen-bond donors (Lipinski definition) is 1. The Hall–Kier alpha value is -1.26. The highest BCUT2D eigenvalue weighted by molar-refractivity contribution is 5.81. The Bertz CT molecular complexity index is 380. The maximum atomic E-state index is 12.2. The van der Waals surface area contributed by atoms with Crippen LogP contribution in [0.15, 0.2) is 0 Å². The van der Waals surface area contributed by atoms with Gasteiger partial charge in [-0.2, -0.15) is 0 Å². The molecule has 5 nitrogen and oxygen atoms in total. The minimum Gasteiger partial charge on any atom is -0.453 e. The number of piperidine rings is 1. The summed E-state index contributed by atoms with van der Waals surface area (Å²) in [5, 5.41) is 2.80. The Morgan fingerprint density at radius 1 is 1.28 bits per heavy atom. The molecule has 100 valence electrons. The van der Waals surface area contributed by atoms with Gasteiger partial charge in [-0.1, -0.05) is 0 Å². The molecule has 3 aliphatic rings. The van der Waals surface area contributed by atoms with Crippen molar-refractivity contribution < 1.29 is 14.3 Å². The number of fused-ring (bicyclic) bond motifs is 1. The molecule has 2 saturated carbocycles. The number of ether oxygens (including phenoxy) is 1. The lowest BCUT2D eigenvalue weighted by atomic mass is 9.69. The molecule has 1 N–H and O–H groups in total. The summed E-state index contributed by atoms with van der Waals surface area (Å²) >= 11 is 0. The monoisotopic (exact) mass is 252 g/mol. The molecule has 18 heavy (non-hydrogen) atoms. The van der Waals surface area contributed by atoms with Gasteiger partial charge in [-0.15, -0.1) is 0 Å². The number of hydrogen-bond acceptors (Lipinski definition) is 3. The van der Waals surface area contributed by atoms with Gasteiger partial charge in [-0.05, 0) is 38.0 Å². The summed E-state index contributed by atoms with van der Waals surface area (Å²) in [5.74, 6) is 1.94. The smallest absolute Gasteiger partial charge is 0.407 e. The van der Waals surface area contributed by atoms with Crippen LogP contribution in [0.3, 0.4) is 0 Å². The van der Waals surface area contributed by atoms with Crippen LogP contribution in [0, 0.1) is 17.8 Å². The number of likely N-dealkylation sites (tertiary alicyclic amines) is 1. The van der Waals surface area contributed by atoms with Crippen LogP contribution in [-0.2, 0) is 9.53 Å². The number of rotatable bonds is 2. The fraction of sp³-hybridized carbons (Fsp3) is 0.846. The zero-order valence-corrected chi connectivity index (χ0v) is 10.9. The van der Waals surface area contributed by atoms with Gasteiger partial charge in [-0.25, -0.2) is 4.79 Å². The molecule has 3 fully saturated rings. The lowest BCUT2D eigenvalue weighted by Gasteiger charge is -2.45. The number of methoxy groups -OCH3 is 1. The van der Waals surface area contributed by atoms with Gasteiger partial charge in [0.05, 0.1) is 7.11 Å². The molecular weight excluding hydrogens is 232 g/mol. The predicted octanol–water partition coefficient (Wildman–Crippen LogP) is 0.989. The average molecular weight is 252 g/mol. The van der Waals surface area contributed by atoms with E-state index in [-0.39, 0.29) is 17.4 Å². The second kappa shape index (κ2) is 3.87. The van der Waals surface area contributed by atoms with E-state index >= 15 is 0 Å². The van der Waals surface area contributed by atoms with Crippen molar-refractivity contribution in [1.29, 1.82) is 0 Å². The second-order valence-electron chi connectivity index (χ2n) is 6.28. The van der Waals surface area contributed by atoms with Crippen molar-refractivity contribution in [2.45, 2.75) is 31.7 Å². The van der Waals surface area contributed by atoms with Gasteiger partial charge in [0.1, 0.15) is 0 Å². The van der Waals surface area contributed by atoms with E-state index in [9.17, 15) is 9.59 Å². The van der Waals surface area contributed by atoms with Crippen LogP contribution in [0.25, 0.3) is 0 Å². The SMILES string of the molecule is COC(=O)N[C@]1(C)C[C@H](C(=O)N2CC3C[C@@H]3C2)C1. The standard InChI is InChI=1S/C13H20N2O3/c1-13(14-12(17)18-2)4-10(5-13)11(16)15-6-8-3-9(8)7-15/h8-10H,3-7H2,1-2H3,(H,14,17)/t8-,9?,10-,13+/m1/s1. The van der Waals surface area contributed by atoms with Crippen molar-refractivity contribution in [2.24, 2.45) is 17.8 Å². The molecule has 1 saturated heterocycles. The highest BCUT2D eigenvalue weighted by Crippen LogP contribution is 2.47. The van der Waals surface area contributed by atoms with Gasteiger partial charge in [0.15, 0.2) is 0 Å². The van der Waals surface area contributed by atoms with E-state index in [1.54, 1.807) is 0 Å². The molecular formula is C13H20N2O3. The third kappa shape index (κ3) is 1.95. The lowest BCUT2D eigenvalue weighted by molar-refractivity contribution is -0.140. The molecule has 0 aromatic heterocycles. The molecule has 1 heterocycles. The van der Waals surface area contributed by atoms with Crippen molar-refractivity contribution in [3.05, 3.63) is 0 Å². The first kappa shape index (κ1) is 11.8. The summed E-state index contributed by atoms with van der Waals surface area (Å²) in [7, 11) is 1.36. The molecule has 3 rings (SSSR count). The summed E-state index contributed by atoms with van der Waals surface area (Å²) < 4.78 is 4.59. The fourth-order valence-corrected chi connectivity index (χ4v) is 3.44. The van der Waals surface area contributed by atoms with E-state index in [2.05, 4.69) is 10.1 Å². The Labute approximate surface area is 107 Å². The van der Waals surface area contributed by atoms with E-state index in [1.165, 1.54) is 13.5 Å². The molecule has 0 spiro atoms. The highest BCUT2D eigenvalue weighted by atomic mass is 16.5. The molecule has 1 aliphatic heterocycles. The van der Waals surface area contributed by atoms with Crippen molar-refractivity contribution >= 4 is 12.0 Å². The molecule has 0 aromatic rings.